The van der Waals surface area contributed by atoms with Crippen molar-refractivity contribution in [1.29, 1.82) is 0 Å². The number of thiophene rings is 1. The smallest absolute Gasteiger partial charge is 0.245 e. The largest absolute Gasteiger partial charge is 0.323 e. The fraction of sp³-hybridized carbons (Fsp3) is 0.286. The summed E-state index contributed by atoms with van der Waals surface area (Å²) in [6.07, 6.45) is 1.84. The van der Waals surface area contributed by atoms with Crippen molar-refractivity contribution in [2.75, 3.05) is 5.43 Å². The van der Waals surface area contributed by atoms with Crippen LogP contribution in [-0.2, 0) is 16.6 Å². The molecule has 0 bridgehead atoms. The molecule has 112 valence electrons. The Morgan fingerprint density at radius 2 is 2.05 bits per heavy atom. The lowest BCUT2D eigenvalue weighted by atomic mass is 10.3. The molecule has 0 amide bonds. The maximum absolute atomic E-state index is 13.0. The molecule has 0 saturated heterocycles. The lowest BCUT2D eigenvalue weighted by molar-refractivity contribution is 0.399. The van der Waals surface area contributed by atoms with Crippen LogP contribution in [0.3, 0.4) is 0 Å². The molecule has 3 rings (SSSR count). The monoisotopic (exact) mass is 323 g/mol. The van der Waals surface area contributed by atoms with Gasteiger partial charge in [0.2, 0.25) is 10.0 Å². The summed E-state index contributed by atoms with van der Waals surface area (Å²) in [7, 11) is -3.56. The molecule has 1 heterocycles. The first-order valence-electron chi connectivity index (χ1n) is 6.71. The van der Waals surface area contributed by atoms with Crippen LogP contribution >= 0.6 is 11.3 Å². The van der Waals surface area contributed by atoms with Crippen molar-refractivity contribution >= 4 is 27.0 Å². The second-order valence-electron chi connectivity index (χ2n) is 5.05. The molecule has 0 atom stereocenters. The van der Waals surface area contributed by atoms with Gasteiger partial charge in [-0.2, -0.15) is 15.6 Å². The lowest BCUT2D eigenvalue weighted by Crippen LogP contribution is -2.33. The van der Waals surface area contributed by atoms with Crippen LogP contribution in [0.4, 0.5) is 5.69 Å². The standard InChI is InChI=1S/C14H17N3O2S2/c15-16-13-3-1-2-4-14(13)21(18,19)17(12-5-6-12)9-11-7-8-20-10-11/h1-4,7-8,10,12,16H,5-6,9,15H2. The molecule has 0 spiro atoms. The summed E-state index contributed by atoms with van der Waals surface area (Å²) < 4.78 is 27.5. The van der Waals surface area contributed by atoms with Gasteiger partial charge in [0.05, 0.1) is 5.69 Å². The average molecular weight is 323 g/mol. The zero-order valence-electron chi connectivity index (χ0n) is 11.4. The number of sulfonamides is 1. The van der Waals surface area contributed by atoms with Crippen molar-refractivity contribution in [3.63, 3.8) is 0 Å². The number of anilines is 1. The van der Waals surface area contributed by atoms with Crippen molar-refractivity contribution in [3.05, 3.63) is 46.7 Å². The molecule has 1 fully saturated rings. The molecule has 0 radical (unpaired) electrons. The molecule has 7 heteroatoms. The summed E-state index contributed by atoms with van der Waals surface area (Å²) in [5, 5.41) is 3.94. The van der Waals surface area contributed by atoms with E-state index >= 15 is 0 Å². The summed E-state index contributed by atoms with van der Waals surface area (Å²) >= 11 is 1.57. The van der Waals surface area contributed by atoms with Gasteiger partial charge >= 0.3 is 0 Å². The molecule has 1 aromatic heterocycles. The highest BCUT2D eigenvalue weighted by Crippen LogP contribution is 2.35. The van der Waals surface area contributed by atoms with Crippen LogP contribution in [0.2, 0.25) is 0 Å². The van der Waals surface area contributed by atoms with Gasteiger partial charge in [0.25, 0.3) is 0 Å². The number of benzene rings is 1. The number of hydrogen-bond donors (Lipinski definition) is 2. The van der Waals surface area contributed by atoms with Crippen molar-refractivity contribution in [3.8, 4) is 0 Å². The van der Waals surface area contributed by atoms with E-state index in [0.717, 1.165) is 18.4 Å². The first kappa shape index (κ1) is 14.5. The fourth-order valence-corrected chi connectivity index (χ4v) is 4.76. The summed E-state index contributed by atoms with van der Waals surface area (Å²) in [5.41, 5.74) is 3.92. The van der Waals surface area contributed by atoms with Gasteiger partial charge in [-0.15, -0.1) is 0 Å². The van der Waals surface area contributed by atoms with Crippen LogP contribution < -0.4 is 11.3 Å². The third kappa shape index (κ3) is 2.96. The Hall–Kier alpha value is -1.41. The highest BCUT2D eigenvalue weighted by atomic mass is 32.2. The minimum absolute atomic E-state index is 0.0979. The fourth-order valence-electron chi connectivity index (χ4n) is 2.27. The highest BCUT2D eigenvalue weighted by molar-refractivity contribution is 7.89. The van der Waals surface area contributed by atoms with E-state index in [1.807, 2.05) is 16.8 Å². The first-order chi connectivity index (χ1) is 10.1. The first-order valence-corrected chi connectivity index (χ1v) is 9.10. The Bertz CT molecular complexity index is 710. The minimum Gasteiger partial charge on any atom is -0.323 e. The van der Waals surface area contributed by atoms with Crippen molar-refractivity contribution in [2.24, 2.45) is 5.84 Å². The number of nitrogens with one attached hydrogen (secondary N) is 1. The molecular formula is C14H17N3O2S2. The second kappa shape index (κ2) is 5.76. The normalized spacial score (nSPS) is 15.3. The third-order valence-corrected chi connectivity index (χ3v) is 6.19. The quantitative estimate of drug-likeness (QED) is 0.632. The molecule has 3 N–H and O–H groups in total. The van der Waals surface area contributed by atoms with Gasteiger partial charge in [0.1, 0.15) is 4.90 Å². The van der Waals surface area contributed by atoms with E-state index in [-0.39, 0.29) is 10.9 Å². The van der Waals surface area contributed by atoms with Crippen LogP contribution in [0.15, 0.2) is 46.0 Å². The summed E-state index contributed by atoms with van der Waals surface area (Å²) in [5.74, 6) is 5.44. The van der Waals surface area contributed by atoms with Gasteiger partial charge in [0, 0.05) is 12.6 Å². The number of rotatable bonds is 6. The number of para-hydroxylation sites is 1. The number of nitrogens with two attached hydrogens (primary N) is 1. The van der Waals surface area contributed by atoms with Crippen molar-refractivity contribution < 1.29 is 8.42 Å². The van der Waals surface area contributed by atoms with E-state index < -0.39 is 10.0 Å². The van der Waals surface area contributed by atoms with E-state index in [1.165, 1.54) is 0 Å². The van der Waals surface area contributed by atoms with E-state index in [1.54, 1.807) is 39.9 Å². The van der Waals surface area contributed by atoms with Crippen LogP contribution in [-0.4, -0.2) is 18.8 Å². The minimum atomic E-state index is -3.56. The Morgan fingerprint density at radius 3 is 2.67 bits per heavy atom. The van der Waals surface area contributed by atoms with Crippen LogP contribution in [0.5, 0.6) is 0 Å². The predicted octanol–water partition coefficient (Wildman–Crippen LogP) is 2.39. The van der Waals surface area contributed by atoms with Gasteiger partial charge in [-0.3, -0.25) is 5.84 Å². The zero-order chi connectivity index (χ0) is 14.9. The molecule has 1 saturated carbocycles. The summed E-state index contributed by atoms with van der Waals surface area (Å²) in [4.78, 5) is 0.231. The van der Waals surface area contributed by atoms with E-state index in [9.17, 15) is 8.42 Å². The molecule has 0 aliphatic heterocycles. The maximum Gasteiger partial charge on any atom is 0.245 e. The van der Waals surface area contributed by atoms with E-state index in [0.29, 0.717) is 12.2 Å². The Balaban J connectivity index is 1.97. The predicted molar refractivity (Wildman–Crippen MR) is 84.3 cm³/mol. The number of hydrogen-bond acceptors (Lipinski definition) is 5. The van der Waals surface area contributed by atoms with Gasteiger partial charge in [-0.1, -0.05) is 12.1 Å². The van der Waals surface area contributed by atoms with Crippen LogP contribution in [0.25, 0.3) is 0 Å². The highest BCUT2D eigenvalue weighted by Gasteiger charge is 2.38. The molecule has 5 nitrogen and oxygen atoms in total. The zero-order valence-corrected chi connectivity index (χ0v) is 13.0. The second-order valence-corrected chi connectivity index (χ2v) is 7.69. The summed E-state index contributed by atoms with van der Waals surface area (Å²) in [6, 6.07) is 8.79. The van der Waals surface area contributed by atoms with Gasteiger partial charge in [0.15, 0.2) is 0 Å². The molecule has 1 aromatic carbocycles. The molecule has 21 heavy (non-hydrogen) atoms. The van der Waals surface area contributed by atoms with Gasteiger partial charge < -0.3 is 5.43 Å². The average Bonchev–Trinajstić information content (AvgIpc) is 3.20. The van der Waals surface area contributed by atoms with Crippen LogP contribution in [0, 0.1) is 0 Å². The molecule has 1 aliphatic carbocycles. The lowest BCUT2D eigenvalue weighted by Gasteiger charge is -2.22. The Morgan fingerprint density at radius 1 is 1.29 bits per heavy atom. The SMILES string of the molecule is NNc1ccccc1S(=O)(=O)N(Cc1ccsc1)C1CC1. The topological polar surface area (TPSA) is 75.4 Å². The van der Waals surface area contributed by atoms with Gasteiger partial charge in [-0.25, -0.2) is 8.42 Å². The van der Waals surface area contributed by atoms with Crippen molar-refractivity contribution in [1.82, 2.24) is 4.31 Å². The Kier molecular flexibility index (Phi) is 3.99. The number of nitrogen functional groups attached to an aromatic ring is 1. The van der Waals surface area contributed by atoms with Crippen molar-refractivity contribution in [2.45, 2.75) is 30.3 Å². The molecule has 1 aliphatic rings. The maximum atomic E-state index is 13.0. The number of nitrogens with zero attached hydrogens (tertiary/aromatic N) is 1. The van der Waals surface area contributed by atoms with Gasteiger partial charge in [-0.05, 0) is 47.4 Å². The van der Waals surface area contributed by atoms with E-state index in [4.69, 9.17) is 5.84 Å². The summed E-state index contributed by atoms with van der Waals surface area (Å²) in [6.45, 7) is 0.412. The molecular weight excluding hydrogens is 306 g/mol. The van der Waals surface area contributed by atoms with Crippen LogP contribution in [0.1, 0.15) is 18.4 Å². The Labute approximate surface area is 128 Å². The molecule has 0 unspecified atom stereocenters. The number of hydrazine groups is 1. The third-order valence-electron chi connectivity index (χ3n) is 3.50. The molecule has 2 aromatic rings. The van der Waals surface area contributed by atoms with E-state index in [2.05, 4.69) is 5.43 Å².